The molecule has 0 saturated carbocycles. The van der Waals surface area contributed by atoms with E-state index in [2.05, 4.69) is 5.32 Å². The second kappa shape index (κ2) is 6.46. The minimum Gasteiger partial charge on any atom is -0.479 e. The highest BCUT2D eigenvalue weighted by Gasteiger charge is 2.21. The lowest BCUT2D eigenvalue weighted by Crippen LogP contribution is -2.46. The zero-order valence-electron chi connectivity index (χ0n) is 12.5. The highest BCUT2D eigenvalue weighted by molar-refractivity contribution is 6.32. The quantitative estimate of drug-likeness (QED) is 0.898. The summed E-state index contributed by atoms with van der Waals surface area (Å²) in [5.74, 6) is 0.223. The van der Waals surface area contributed by atoms with Crippen LogP contribution in [0.15, 0.2) is 18.2 Å². The van der Waals surface area contributed by atoms with Crippen LogP contribution in [0.2, 0.25) is 5.02 Å². The van der Waals surface area contributed by atoms with E-state index in [0.29, 0.717) is 16.3 Å². The Morgan fingerprint density at radius 2 is 1.95 bits per heavy atom. The molecule has 0 fully saturated rings. The van der Waals surface area contributed by atoms with Gasteiger partial charge in [0.25, 0.3) is 5.91 Å². The minimum absolute atomic E-state index is 0.201. The summed E-state index contributed by atoms with van der Waals surface area (Å²) in [4.78, 5) is 11.9. The van der Waals surface area contributed by atoms with Gasteiger partial charge < -0.3 is 15.2 Å². The zero-order valence-corrected chi connectivity index (χ0v) is 13.3. The van der Waals surface area contributed by atoms with E-state index in [4.69, 9.17) is 16.3 Å². The van der Waals surface area contributed by atoms with Gasteiger partial charge >= 0.3 is 0 Å². The molecule has 5 heteroatoms. The number of nitrogens with one attached hydrogen (secondary N) is 1. The summed E-state index contributed by atoms with van der Waals surface area (Å²) in [5, 5.41) is 12.7. The first-order chi connectivity index (χ1) is 9.10. The number of ether oxygens (including phenoxy) is 1. The van der Waals surface area contributed by atoms with Crippen molar-refractivity contribution in [1.29, 1.82) is 0 Å². The van der Waals surface area contributed by atoms with Gasteiger partial charge in [-0.05, 0) is 52.3 Å². The van der Waals surface area contributed by atoms with E-state index in [9.17, 15) is 9.90 Å². The number of aliphatic hydroxyl groups is 1. The van der Waals surface area contributed by atoms with Crippen molar-refractivity contribution in [3.63, 3.8) is 0 Å². The Morgan fingerprint density at radius 1 is 1.35 bits per heavy atom. The summed E-state index contributed by atoms with van der Waals surface area (Å²) >= 11 is 6.09. The van der Waals surface area contributed by atoms with Gasteiger partial charge in [-0.25, -0.2) is 0 Å². The number of aliphatic hydroxyl groups excluding tert-OH is 1. The molecule has 0 aliphatic rings. The molecule has 1 aromatic rings. The summed E-state index contributed by atoms with van der Waals surface area (Å²) in [7, 11) is 0. The van der Waals surface area contributed by atoms with Gasteiger partial charge in [-0.3, -0.25) is 4.79 Å². The van der Waals surface area contributed by atoms with Crippen molar-refractivity contribution in [3.05, 3.63) is 28.8 Å². The van der Waals surface area contributed by atoms with E-state index in [-0.39, 0.29) is 11.4 Å². The third-order valence-corrected chi connectivity index (χ3v) is 2.90. The predicted molar refractivity (Wildman–Crippen MR) is 80.1 cm³/mol. The molecule has 0 heterocycles. The molecule has 1 rings (SSSR count). The van der Waals surface area contributed by atoms with Gasteiger partial charge in [-0.1, -0.05) is 17.7 Å². The van der Waals surface area contributed by atoms with Crippen molar-refractivity contribution in [2.24, 2.45) is 0 Å². The smallest absolute Gasteiger partial charge is 0.261 e. The first kappa shape index (κ1) is 16.8. The van der Waals surface area contributed by atoms with E-state index in [1.54, 1.807) is 32.0 Å². The van der Waals surface area contributed by atoms with Crippen LogP contribution in [0.1, 0.15) is 46.3 Å². The van der Waals surface area contributed by atoms with Crippen LogP contribution in [0.4, 0.5) is 0 Å². The average molecular weight is 300 g/mol. The van der Waals surface area contributed by atoms with Gasteiger partial charge in [0.05, 0.1) is 11.1 Å². The second-order valence-corrected chi connectivity index (χ2v) is 6.27. The number of hydrogen-bond donors (Lipinski definition) is 2. The highest BCUT2D eigenvalue weighted by Crippen LogP contribution is 2.28. The number of hydrogen-bond acceptors (Lipinski definition) is 3. The lowest BCUT2D eigenvalue weighted by atomic mass is 10.1. The lowest BCUT2D eigenvalue weighted by molar-refractivity contribution is -0.128. The van der Waals surface area contributed by atoms with Crippen LogP contribution >= 0.6 is 11.6 Å². The summed E-state index contributed by atoms with van der Waals surface area (Å²) in [6.07, 6.45) is -1.24. The molecule has 0 aliphatic carbocycles. The first-order valence-corrected chi connectivity index (χ1v) is 6.94. The van der Waals surface area contributed by atoms with Crippen molar-refractivity contribution in [2.45, 2.75) is 52.4 Å². The Balaban J connectivity index is 2.76. The largest absolute Gasteiger partial charge is 0.479 e. The monoisotopic (exact) mass is 299 g/mol. The molecule has 0 bridgehead atoms. The molecule has 1 aromatic carbocycles. The average Bonchev–Trinajstić information content (AvgIpc) is 2.29. The molecule has 2 N–H and O–H groups in total. The molecule has 4 nitrogen and oxygen atoms in total. The van der Waals surface area contributed by atoms with Crippen LogP contribution in [0, 0.1) is 0 Å². The van der Waals surface area contributed by atoms with Crippen LogP contribution in [-0.2, 0) is 4.79 Å². The summed E-state index contributed by atoms with van der Waals surface area (Å²) < 4.78 is 5.56. The molecule has 1 amide bonds. The van der Waals surface area contributed by atoms with Gasteiger partial charge in [-0.15, -0.1) is 0 Å². The van der Waals surface area contributed by atoms with Crippen LogP contribution < -0.4 is 10.1 Å². The van der Waals surface area contributed by atoms with Crippen LogP contribution in [0.3, 0.4) is 0 Å². The molecule has 20 heavy (non-hydrogen) atoms. The van der Waals surface area contributed by atoms with E-state index in [1.165, 1.54) is 0 Å². The number of benzene rings is 1. The fourth-order valence-electron chi connectivity index (χ4n) is 1.59. The van der Waals surface area contributed by atoms with Crippen molar-refractivity contribution in [2.75, 3.05) is 0 Å². The van der Waals surface area contributed by atoms with Gasteiger partial charge in [0, 0.05) is 5.54 Å². The molecule has 2 atom stereocenters. The maximum absolute atomic E-state index is 11.9. The van der Waals surface area contributed by atoms with E-state index in [0.717, 1.165) is 0 Å². The SMILES string of the molecule is CC(Oc1ccc(C(C)O)cc1Cl)C(=O)NC(C)(C)C. The maximum Gasteiger partial charge on any atom is 0.261 e. The summed E-state index contributed by atoms with van der Waals surface area (Å²) in [5.41, 5.74) is 0.392. The summed E-state index contributed by atoms with van der Waals surface area (Å²) in [6, 6.07) is 5.02. The normalized spacial score (nSPS) is 14.6. The van der Waals surface area contributed by atoms with Crippen LogP contribution in [0.5, 0.6) is 5.75 Å². The van der Waals surface area contributed by atoms with Crippen molar-refractivity contribution in [1.82, 2.24) is 5.32 Å². The maximum atomic E-state index is 11.9. The van der Waals surface area contributed by atoms with Crippen LogP contribution in [-0.4, -0.2) is 22.7 Å². The van der Waals surface area contributed by atoms with Crippen molar-refractivity contribution >= 4 is 17.5 Å². The van der Waals surface area contributed by atoms with Crippen LogP contribution in [0.25, 0.3) is 0 Å². The van der Waals surface area contributed by atoms with Gasteiger partial charge in [0.1, 0.15) is 5.75 Å². The molecule has 0 saturated heterocycles. The van der Waals surface area contributed by atoms with Gasteiger partial charge in [-0.2, -0.15) is 0 Å². The van der Waals surface area contributed by atoms with E-state index < -0.39 is 12.2 Å². The minimum atomic E-state index is -0.649. The Hall–Kier alpha value is -1.26. The topological polar surface area (TPSA) is 58.6 Å². The number of amides is 1. The molecule has 2 unspecified atom stereocenters. The number of carbonyl (C=O) groups is 1. The number of halogens is 1. The zero-order chi connectivity index (χ0) is 15.5. The van der Waals surface area contributed by atoms with E-state index >= 15 is 0 Å². The Bertz CT molecular complexity index is 480. The van der Waals surface area contributed by atoms with Gasteiger partial charge in [0.15, 0.2) is 6.10 Å². The Morgan fingerprint density at radius 3 is 2.40 bits per heavy atom. The second-order valence-electron chi connectivity index (χ2n) is 5.87. The molecule has 0 aromatic heterocycles. The fourth-order valence-corrected chi connectivity index (χ4v) is 1.82. The Kier molecular flexibility index (Phi) is 5.42. The first-order valence-electron chi connectivity index (χ1n) is 6.56. The lowest BCUT2D eigenvalue weighted by Gasteiger charge is -2.24. The third kappa shape index (κ3) is 5.02. The molecule has 0 spiro atoms. The molecule has 0 aliphatic heterocycles. The third-order valence-electron chi connectivity index (χ3n) is 2.61. The van der Waals surface area contributed by atoms with Crippen molar-refractivity contribution in [3.8, 4) is 5.75 Å². The number of rotatable bonds is 4. The molecule has 112 valence electrons. The van der Waals surface area contributed by atoms with E-state index in [1.807, 2.05) is 20.8 Å². The van der Waals surface area contributed by atoms with Crippen molar-refractivity contribution < 1.29 is 14.6 Å². The highest BCUT2D eigenvalue weighted by atomic mass is 35.5. The fraction of sp³-hybridized carbons (Fsp3) is 0.533. The summed E-state index contributed by atoms with van der Waals surface area (Å²) in [6.45, 7) is 9.04. The predicted octanol–water partition coefficient (Wildman–Crippen LogP) is 3.08. The Labute approximate surface area is 125 Å². The molecule has 0 radical (unpaired) electrons. The van der Waals surface area contributed by atoms with Gasteiger partial charge in [0.2, 0.25) is 0 Å². The molecular weight excluding hydrogens is 278 g/mol. The molecular formula is C15H22ClNO3. The standard InChI is InChI=1S/C15H22ClNO3/c1-9(18)11-6-7-13(12(16)8-11)20-10(2)14(19)17-15(3,4)5/h6-10,18H,1-5H3,(H,17,19). The number of carbonyl (C=O) groups excluding carboxylic acids is 1.